The van der Waals surface area contributed by atoms with Crippen molar-refractivity contribution in [2.45, 2.75) is 57.3 Å². The van der Waals surface area contributed by atoms with Crippen LogP contribution in [0.3, 0.4) is 0 Å². The minimum Gasteiger partial charge on any atom is -0.385 e. The fourth-order valence-corrected chi connectivity index (χ4v) is 6.33. The van der Waals surface area contributed by atoms with Crippen molar-refractivity contribution in [2.24, 2.45) is 5.92 Å². The second-order valence-corrected chi connectivity index (χ2v) is 11.7. The zero-order valence-electron chi connectivity index (χ0n) is 25.0. The van der Waals surface area contributed by atoms with Crippen LogP contribution in [0.25, 0.3) is 11.1 Å². The Morgan fingerprint density at radius 1 is 1.05 bits per heavy atom. The predicted octanol–water partition coefficient (Wildman–Crippen LogP) is 6.49. The lowest BCUT2D eigenvalue weighted by Gasteiger charge is -2.44. The first-order chi connectivity index (χ1) is 21.0. The van der Waals surface area contributed by atoms with Gasteiger partial charge in [-0.15, -0.1) is 0 Å². The van der Waals surface area contributed by atoms with Crippen LogP contribution in [0.2, 0.25) is 5.02 Å². The summed E-state index contributed by atoms with van der Waals surface area (Å²) in [6.45, 7) is 3.23. The normalized spacial score (nSPS) is 16.8. The molecule has 0 aliphatic carbocycles. The molecule has 6 nitrogen and oxygen atoms in total. The predicted molar refractivity (Wildman–Crippen MR) is 166 cm³/mol. The Labute approximate surface area is 261 Å². The monoisotopic (exact) mass is 629 g/mol. The maximum Gasteiger partial charge on any atom is 0.471 e. The Balaban J connectivity index is 1.68. The largest absolute Gasteiger partial charge is 0.471 e. The number of alkyl halides is 3. The van der Waals surface area contributed by atoms with E-state index in [9.17, 15) is 27.9 Å². The highest BCUT2D eigenvalue weighted by Crippen LogP contribution is 2.45. The smallest absolute Gasteiger partial charge is 0.385 e. The molecule has 3 aromatic carbocycles. The molecule has 1 unspecified atom stereocenters. The number of hydrogen-bond acceptors (Lipinski definition) is 4. The number of hydrogen-bond donors (Lipinski definition) is 3. The molecule has 2 atom stereocenters. The van der Waals surface area contributed by atoms with Crippen LogP contribution < -0.4 is 10.6 Å². The molecule has 0 spiro atoms. The van der Waals surface area contributed by atoms with Gasteiger partial charge in [-0.1, -0.05) is 67.1 Å². The summed E-state index contributed by atoms with van der Waals surface area (Å²) >= 11 is 6.79. The summed E-state index contributed by atoms with van der Waals surface area (Å²) in [5, 5.41) is 18.1. The molecular formula is C34H39ClF3N3O3. The van der Waals surface area contributed by atoms with Crippen LogP contribution in [-0.4, -0.2) is 54.7 Å². The van der Waals surface area contributed by atoms with Crippen molar-refractivity contribution in [3.8, 4) is 11.1 Å². The fraction of sp³-hybridized carbons (Fsp3) is 0.412. The maximum absolute atomic E-state index is 13.6. The number of rotatable bonds is 11. The molecule has 1 aliphatic rings. The van der Waals surface area contributed by atoms with E-state index < -0.39 is 23.6 Å². The molecular weight excluding hydrogens is 591 g/mol. The maximum atomic E-state index is 13.6. The molecule has 0 bridgehead atoms. The Morgan fingerprint density at radius 3 is 2.45 bits per heavy atom. The number of nitrogens with one attached hydrogen (secondary N) is 2. The van der Waals surface area contributed by atoms with Gasteiger partial charge in [0.15, 0.2) is 0 Å². The van der Waals surface area contributed by atoms with Crippen LogP contribution in [0.4, 0.5) is 13.2 Å². The van der Waals surface area contributed by atoms with Gasteiger partial charge in [-0.3, -0.25) is 9.59 Å². The van der Waals surface area contributed by atoms with Crippen LogP contribution in [0, 0.1) is 5.92 Å². The van der Waals surface area contributed by atoms with E-state index in [0.717, 1.165) is 23.1 Å². The van der Waals surface area contributed by atoms with E-state index in [1.54, 1.807) is 35.2 Å². The van der Waals surface area contributed by atoms with Crippen molar-refractivity contribution in [1.82, 2.24) is 15.5 Å². The molecule has 3 aromatic rings. The number of halogens is 4. The molecule has 1 aliphatic heterocycles. The van der Waals surface area contributed by atoms with Gasteiger partial charge < -0.3 is 20.6 Å². The summed E-state index contributed by atoms with van der Waals surface area (Å²) in [6, 6.07) is 20.6. The average Bonchev–Trinajstić information content (AvgIpc) is 3.02. The number of aryl methyl sites for hydroxylation is 1. The Hall–Kier alpha value is -3.40. The average molecular weight is 630 g/mol. The summed E-state index contributed by atoms with van der Waals surface area (Å²) in [7, 11) is 1.85. The van der Waals surface area contributed by atoms with Crippen LogP contribution in [0.5, 0.6) is 0 Å². The number of carbonyl (C=O) groups excluding carboxylic acids is 2. The highest BCUT2D eigenvalue weighted by Gasteiger charge is 2.43. The summed E-state index contributed by atoms with van der Waals surface area (Å²) in [6.07, 6.45) is -2.82. The van der Waals surface area contributed by atoms with E-state index in [2.05, 4.69) is 5.32 Å². The Bertz CT molecular complexity index is 1450. The summed E-state index contributed by atoms with van der Waals surface area (Å²) < 4.78 is 38.4. The third-order valence-electron chi connectivity index (χ3n) is 8.35. The lowest BCUT2D eigenvalue weighted by Crippen LogP contribution is -2.48. The molecule has 4 rings (SSSR count). The first-order valence-corrected chi connectivity index (χ1v) is 15.3. The molecule has 0 aromatic heterocycles. The van der Waals surface area contributed by atoms with E-state index in [0.29, 0.717) is 47.6 Å². The van der Waals surface area contributed by atoms with E-state index in [4.69, 9.17) is 11.6 Å². The number of piperidine rings is 1. The Morgan fingerprint density at radius 2 is 1.77 bits per heavy atom. The molecule has 236 valence electrons. The van der Waals surface area contributed by atoms with Gasteiger partial charge in [0, 0.05) is 48.2 Å². The molecule has 44 heavy (non-hydrogen) atoms. The highest BCUT2D eigenvalue weighted by molar-refractivity contribution is 6.33. The minimum atomic E-state index is -4.99. The molecule has 1 saturated heterocycles. The second-order valence-electron chi connectivity index (χ2n) is 11.3. The minimum absolute atomic E-state index is 0.0529. The van der Waals surface area contributed by atoms with Crippen molar-refractivity contribution in [3.63, 3.8) is 0 Å². The number of nitrogens with zero attached hydrogens (tertiary/aromatic N) is 1. The van der Waals surface area contributed by atoms with E-state index >= 15 is 0 Å². The lowest BCUT2D eigenvalue weighted by molar-refractivity contribution is -0.173. The molecule has 0 radical (unpaired) electrons. The molecule has 0 saturated carbocycles. The van der Waals surface area contributed by atoms with Crippen molar-refractivity contribution in [2.75, 3.05) is 26.7 Å². The molecule has 3 N–H and O–H groups in total. The van der Waals surface area contributed by atoms with Gasteiger partial charge >= 0.3 is 12.1 Å². The molecule has 1 heterocycles. The van der Waals surface area contributed by atoms with Crippen LogP contribution in [0.1, 0.15) is 59.7 Å². The molecule has 10 heteroatoms. The second kappa shape index (κ2) is 14.6. The third-order valence-corrected chi connectivity index (χ3v) is 8.66. The van der Waals surface area contributed by atoms with Crippen molar-refractivity contribution < 1.29 is 27.9 Å². The van der Waals surface area contributed by atoms with Crippen LogP contribution in [-0.2, 0) is 23.4 Å². The SMILES string of the molecule is CCc1cccc(-c2c(Cl)cccc2C(O)(CCCNC(=O)C(F)(F)F)[C@@H]2CCCN(C(=O)c3ccc(CNC)cc3)C2)c1. The van der Waals surface area contributed by atoms with Crippen LogP contribution >= 0.6 is 11.6 Å². The highest BCUT2D eigenvalue weighted by atomic mass is 35.5. The van der Waals surface area contributed by atoms with Crippen molar-refractivity contribution >= 4 is 23.4 Å². The third kappa shape index (κ3) is 7.81. The van der Waals surface area contributed by atoms with Gasteiger partial charge in [0.25, 0.3) is 5.91 Å². The van der Waals surface area contributed by atoms with Gasteiger partial charge in [-0.05, 0) is 79.6 Å². The quantitative estimate of drug-likeness (QED) is 0.212. The summed E-state index contributed by atoms with van der Waals surface area (Å²) in [4.78, 5) is 26.8. The number of benzene rings is 3. The van der Waals surface area contributed by atoms with E-state index in [-0.39, 0.29) is 31.8 Å². The summed E-state index contributed by atoms with van der Waals surface area (Å²) in [5.74, 6) is -2.60. The molecule has 2 amide bonds. The van der Waals surface area contributed by atoms with Gasteiger partial charge in [0.05, 0.1) is 5.60 Å². The summed E-state index contributed by atoms with van der Waals surface area (Å²) in [5.41, 5.74) is 3.14. The topological polar surface area (TPSA) is 81.7 Å². The van der Waals surface area contributed by atoms with E-state index in [1.165, 1.54) is 0 Å². The van der Waals surface area contributed by atoms with Gasteiger partial charge in [-0.2, -0.15) is 13.2 Å². The number of amides is 2. The first-order valence-electron chi connectivity index (χ1n) is 15.0. The van der Waals surface area contributed by atoms with Crippen molar-refractivity contribution in [1.29, 1.82) is 0 Å². The number of carbonyl (C=O) groups is 2. The first kappa shape index (κ1) is 33.5. The van der Waals surface area contributed by atoms with Gasteiger partial charge in [0.2, 0.25) is 0 Å². The van der Waals surface area contributed by atoms with Crippen LogP contribution in [0.15, 0.2) is 66.7 Å². The number of aliphatic hydroxyl groups is 1. The zero-order valence-corrected chi connectivity index (χ0v) is 25.8. The standard InChI is InChI=1S/C34H39ClF3N3O3/c1-3-23-8-4-9-26(20-23)30-28(11-5-12-29(30)35)33(44,17-7-18-40-32(43)34(36,37)38)27-10-6-19-41(22-27)31(42)25-15-13-24(14-16-25)21-39-2/h4-5,8-9,11-16,20,27,39,44H,3,6-7,10,17-19,21-22H2,1-2H3,(H,40,43)/t27-,33?/m1/s1. The van der Waals surface area contributed by atoms with Gasteiger partial charge in [0.1, 0.15) is 0 Å². The molecule has 1 fully saturated rings. The lowest BCUT2D eigenvalue weighted by atomic mass is 9.72. The number of likely N-dealkylation sites (tertiary alicyclic amines) is 1. The fourth-order valence-electron chi connectivity index (χ4n) is 6.05. The Kier molecular flexibility index (Phi) is 11.1. The van der Waals surface area contributed by atoms with E-state index in [1.807, 2.05) is 55.7 Å². The van der Waals surface area contributed by atoms with Crippen molar-refractivity contribution in [3.05, 3.63) is 94.0 Å². The van der Waals surface area contributed by atoms with Gasteiger partial charge in [-0.25, -0.2) is 0 Å². The zero-order chi connectivity index (χ0) is 31.9.